The molecule has 0 atom stereocenters. The van der Waals surface area contributed by atoms with Crippen molar-refractivity contribution in [2.75, 3.05) is 5.75 Å². The Balaban J connectivity index is 2.25. The average Bonchev–Trinajstić information content (AvgIpc) is 2.44. The fourth-order valence-corrected chi connectivity index (χ4v) is 2.46. The van der Waals surface area contributed by atoms with Crippen LogP contribution < -0.4 is 4.74 Å². The Labute approximate surface area is 132 Å². The summed E-state index contributed by atoms with van der Waals surface area (Å²) in [6.07, 6.45) is 1.42. The van der Waals surface area contributed by atoms with Crippen molar-refractivity contribution < 1.29 is 9.53 Å². The van der Waals surface area contributed by atoms with Gasteiger partial charge in [0.1, 0.15) is 5.75 Å². The number of hydrogen-bond acceptors (Lipinski definition) is 5. The van der Waals surface area contributed by atoms with Crippen LogP contribution in [0.3, 0.4) is 0 Å². The number of ether oxygens (including phenoxy) is 1. The zero-order chi connectivity index (χ0) is 15.4. The van der Waals surface area contributed by atoms with Crippen LogP contribution in [0.5, 0.6) is 5.75 Å². The average molecular weight is 323 g/mol. The van der Waals surface area contributed by atoms with Gasteiger partial charge in [0.15, 0.2) is 10.9 Å². The van der Waals surface area contributed by atoms with Crippen LogP contribution in [0.1, 0.15) is 28.5 Å². The number of benzene rings is 1. The summed E-state index contributed by atoms with van der Waals surface area (Å²) in [5.41, 5.74) is 2.08. The molecule has 0 fully saturated rings. The van der Waals surface area contributed by atoms with Crippen molar-refractivity contribution in [3.05, 3.63) is 46.2 Å². The maximum Gasteiger partial charge on any atom is 0.364 e. The fourth-order valence-electron chi connectivity index (χ4n) is 1.75. The summed E-state index contributed by atoms with van der Waals surface area (Å²) >= 11 is 7.43. The molecule has 2 rings (SSSR count). The normalized spacial score (nSPS) is 10.5. The Bertz CT molecular complexity index is 677. The van der Waals surface area contributed by atoms with Gasteiger partial charge in [0, 0.05) is 0 Å². The van der Waals surface area contributed by atoms with E-state index in [-0.39, 0.29) is 10.7 Å². The lowest BCUT2D eigenvalue weighted by Crippen LogP contribution is -2.13. The number of hydrogen-bond donors (Lipinski definition) is 0. The van der Waals surface area contributed by atoms with Gasteiger partial charge in [-0.05, 0) is 31.2 Å². The highest BCUT2D eigenvalue weighted by Gasteiger charge is 2.17. The number of halogens is 1. The van der Waals surface area contributed by atoms with E-state index in [1.807, 2.05) is 32.9 Å². The molecule has 0 aliphatic heterocycles. The maximum atomic E-state index is 12.2. The highest BCUT2D eigenvalue weighted by molar-refractivity contribution is 7.99. The van der Waals surface area contributed by atoms with Crippen LogP contribution in [0.4, 0.5) is 0 Å². The van der Waals surface area contributed by atoms with E-state index in [4.69, 9.17) is 16.3 Å². The maximum absolute atomic E-state index is 12.2. The van der Waals surface area contributed by atoms with Gasteiger partial charge in [-0.15, -0.1) is 0 Å². The van der Waals surface area contributed by atoms with Crippen molar-refractivity contribution in [1.82, 2.24) is 9.97 Å². The highest BCUT2D eigenvalue weighted by atomic mass is 35.5. The molecule has 0 saturated heterocycles. The van der Waals surface area contributed by atoms with E-state index in [1.54, 1.807) is 6.07 Å². The Hall–Kier alpha value is -1.59. The van der Waals surface area contributed by atoms with E-state index in [0.717, 1.165) is 16.9 Å². The second-order valence-corrected chi connectivity index (χ2v) is 6.08. The molecule has 0 radical (unpaired) electrons. The standard InChI is InChI=1S/C15H15ClN2O2S/c1-4-21-15-17-8-11(16)13(18-15)14(19)20-12-6-5-9(2)7-10(12)3/h5-8H,4H2,1-3H3. The quantitative estimate of drug-likeness (QED) is 0.367. The molecule has 21 heavy (non-hydrogen) atoms. The third kappa shape index (κ3) is 3.95. The Morgan fingerprint density at radius 3 is 2.81 bits per heavy atom. The fraction of sp³-hybridized carbons (Fsp3) is 0.267. The number of aromatic nitrogens is 2. The minimum Gasteiger partial charge on any atom is -0.421 e. The number of carbonyl (C=O) groups is 1. The van der Waals surface area contributed by atoms with E-state index >= 15 is 0 Å². The Morgan fingerprint density at radius 2 is 2.14 bits per heavy atom. The summed E-state index contributed by atoms with van der Waals surface area (Å²) in [6, 6.07) is 5.59. The van der Waals surface area contributed by atoms with Crippen molar-refractivity contribution in [3.8, 4) is 5.75 Å². The van der Waals surface area contributed by atoms with Gasteiger partial charge in [0.05, 0.1) is 11.2 Å². The molecule has 0 unspecified atom stereocenters. The molecule has 0 saturated carbocycles. The minimum atomic E-state index is -0.577. The van der Waals surface area contributed by atoms with Crippen LogP contribution in [0.25, 0.3) is 0 Å². The number of rotatable bonds is 4. The molecule has 1 aromatic heterocycles. The first-order chi connectivity index (χ1) is 10.0. The van der Waals surface area contributed by atoms with Crippen molar-refractivity contribution in [3.63, 3.8) is 0 Å². The predicted molar refractivity (Wildman–Crippen MR) is 84.3 cm³/mol. The highest BCUT2D eigenvalue weighted by Crippen LogP contribution is 2.23. The van der Waals surface area contributed by atoms with Crippen molar-refractivity contribution in [2.24, 2.45) is 0 Å². The van der Waals surface area contributed by atoms with Crippen LogP contribution in [0, 0.1) is 13.8 Å². The monoisotopic (exact) mass is 322 g/mol. The van der Waals surface area contributed by atoms with Gasteiger partial charge in [-0.1, -0.05) is 48.0 Å². The summed E-state index contributed by atoms with van der Waals surface area (Å²) < 4.78 is 5.38. The van der Waals surface area contributed by atoms with E-state index in [9.17, 15) is 4.79 Å². The first-order valence-electron chi connectivity index (χ1n) is 6.46. The van der Waals surface area contributed by atoms with Crippen LogP contribution >= 0.6 is 23.4 Å². The molecule has 0 N–H and O–H groups in total. The largest absolute Gasteiger partial charge is 0.421 e. The third-order valence-corrected chi connectivity index (χ3v) is 3.74. The second-order valence-electron chi connectivity index (χ2n) is 4.44. The number of thioether (sulfide) groups is 1. The number of carbonyl (C=O) groups excluding carboxylic acids is 1. The molecule has 0 aliphatic carbocycles. The first kappa shape index (κ1) is 15.8. The molecule has 2 aromatic rings. The van der Waals surface area contributed by atoms with Crippen LogP contribution in [-0.2, 0) is 0 Å². The number of aryl methyl sites for hydroxylation is 2. The summed E-state index contributed by atoms with van der Waals surface area (Å²) in [4.78, 5) is 20.4. The van der Waals surface area contributed by atoms with Crippen LogP contribution in [0.2, 0.25) is 5.02 Å². The van der Waals surface area contributed by atoms with Gasteiger partial charge in [-0.25, -0.2) is 14.8 Å². The second kappa shape index (κ2) is 6.91. The molecule has 110 valence electrons. The summed E-state index contributed by atoms with van der Waals surface area (Å²) in [5.74, 6) is 0.741. The molecular weight excluding hydrogens is 308 g/mol. The molecule has 1 aromatic carbocycles. The topological polar surface area (TPSA) is 52.1 Å². The van der Waals surface area contributed by atoms with Crippen LogP contribution in [0.15, 0.2) is 29.6 Å². The molecule has 0 aliphatic rings. The Morgan fingerprint density at radius 1 is 1.38 bits per heavy atom. The zero-order valence-corrected chi connectivity index (χ0v) is 13.6. The van der Waals surface area contributed by atoms with Gasteiger partial charge in [0.25, 0.3) is 0 Å². The van der Waals surface area contributed by atoms with E-state index in [2.05, 4.69) is 9.97 Å². The van der Waals surface area contributed by atoms with E-state index < -0.39 is 5.97 Å². The van der Waals surface area contributed by atoms with Gasteiger partial charge in [0.2, 0.25) is 0 Å². The van der Waals surface area contributed by atoms with E-state index in [0.29, 0.717) is 10.9 Å². The molecule has 6 heteroatoms. The molecule has 1 heterocycles. The van der Waals surface area contributed by atoms with E-state index in [1.165, 1.54) is 18.0 Å². The van der Waals surface area contributed by atoms with Crippen molar-refractivity contribution >= 4 is 29.3 Å². The lowest BCUT2D eigenvalue weighted by molar-refractivity contribution is 0.0726. The third-order valence-electron chi connectivity index (χ3n) is 2.72. The minimum absolute atomic E-state index is 0.0857. The van der Waals surface area contributed by atoms with Gasteiger partial charge in [-0.2, -0.15) is 0 Å². The van der Waals surface area contributed by atoms with Gasteiger partial charge in [-0.3, -0.25) is 0 Å². The molecular formula is C15H15ClN2O2S. The zero-order valence-electron chi connectivity index (χ0n) is 12.0. The van der Waals surface area contributed by atoms with Gasteiger partial charge < -0.3 is 4.74 Å². The summed E-state index contributed by atoms with van der Waals surface area (Å²) in [5, 5.41) is 0.694. The first-order valence-corrected chi connectivity index (χ1v) is 7.82. The van der Waals surface area contributed by atoms with Crippen LogP contribution in [-0.4, -0.2) is 21.7 Å². The summed E-state index contributed by atoms with van der Waals surface area (Å²) in [7, 11) is 0. The molecule has 0 amide bonds. The van der Waals surface area contributed by atoms with Gasteiger partial charge >= 0.3 is 5.97 Å². The van der Waals surface area contributed by atoms with Crippen molar-refractivity contribution in [1.29, 1.82) is 0 Å². The predicted octanol–water partition coefficient (Wildman–Crippen LogP) is 4.08. The molecule has 0 spiro atoms. The number of nitrogens with zero attached hydrogens (tertiary/aromatic N) is 2. The lowest BCUT2D eigenvalue weighted by Gasteiger charge is -2.09. The smallest absolute Gasteiger partial charge is 0.364 e. The molecule has 4 nitrogen and oxygen atoms in total. The lowest BCUT2D eigenvalue weighted by atomic mass is 10.1. The molecule has 0 bridgehead atoms. The summed E-state index contributed by atoms with van der Waals surface area (Å²) in [6.45, 7) is 5.85. The number of esters is 1. The van der Waals surface area contributed by atoms with Crippen molar-refractivity contribution in [2.45, 2.75) is 25.9 Å². The Kier molecular flexibility index (Phi) is 5.20. The SMILES string of the molecule is CCSc1ncc(Cl)c(C(=O)Oc2ccc(C)cc2C)n1.